The van der Waals surface area contributed by atoms with Crippen LogP contribution in [0.4, 0.5) is 8.78 Å². The van der Waals surface area contributed by atoms with Crippen molar-refractivity contribution in [3.63, 3.8) is 0 Å². The topological polar surface area (TPSA) is 48.8 Å². The van der Waals surface area contributed by atoms with Crippen LogP contribution < -0.4 is 0 Å². The molecule has 1 aliphatic carbocycles. The Hall–Kier alpha value is -0.830. The molecule has 13 heavy (non-hydrogen) atoms. The fourth-order valence-electron chi connectivity index (χ4n) is 1.72. The Morgan fingerprint density at radius 2 is 2.00 bits per heavy atom. The van der Waals surface area contributed by atoms with E-state index in [1.54, 1.807) is 6.92 Å². The third-order valence-corrected chi connectivity index (χ3v) is 2.68. The van der Waals surface area contributed by atoms with E-state index in [1.807, 2.05) is 0 Å². The van der Waals surface area contributed by atoms with Gasteiger partial charge in [0.15, 0.2) is 0 Å². The smallest absolute Gasteiger partial charge is 0.207 e. The summed E-state index contributed by atoms with van der Waals surface area (Å²) in [6.07, 6.45) is 0.798. The maximum absolute atomic E-state index is 12.7. The van der Waals surface area contributed by atoms with Crippen molar-refractivity contribution >= 4 is 0 Å². The molecule has 0 N–H and O–H groups in total. The Morgan fingerprint density at radius 3 is 2.46 bits per heavy atom. The molecule has 0 heterocycles. The summed E-state index contributed by atoms with van der Waals surface area (Å²) in [4.78, 5) is 2.68. The predicted molar refractivity (Wildman–Crippen MR) is 45.5 cm³/mol. The minimum Gasteiger partial charge on any atom is -0.207 e. The van der Waals surface area contributed by atoms with Crippen LogP contribution in [0.3, 0.4) is 0 Å². The van der Waals surface area contributed by atoms with Gasteiger partial charge in [-0.2, -0.15) is 0 Å². The molecule has 0 amide bonds. The van der Waals surface area contributed by atoms with E-state index in [-0.39, 0.29) is 24.8 Å². The largest absolute Gasteiger partial charge is 0.248 e. The molecule has 0 bridgehead atoms. The van der Waals surface area contributed by atoms with Crippen LogP contribution in [0.2, 0.25) is 0 Å². The predicted octanol–water partition coefficient (Wildman–Crippen LogP) is 3.51. The summed E-state index contributed by atoms with van der Waals surface area (Å²) in [5.41, 5.74) is 8.18. The van der Waals surface area contributed by atoms with Gasteiger partial charge in [0.05, 0.1) is 0 Å². The second-order valence-corrected chi connectivity index (χ2v) is 3.64. The summed E-state index contributed by atoms with van der Waals surface area (Å²) in [6, 6.07) is -0.152. The zero-order valence-electron chi connectivity index (χ0n) is 7.58. The van der Waals surface area contributed by atoms with Crippen LogP contribution in [0.1, 0.15) is 32.6 Å². The molecule has 0 aromatic rings. The molecular formula is C8H13F2N3. The summed E-state index contributed by atoms with van der Waals surface area (Å²) in [5, 5.41) is 3.53. The first-order valence-corrected chi connectivity index (χ1v) is 4.47. The SMILES string of the molecule is C[C@@H](N=[N+]=[N-])C1CCC(F)(F)CC1. The Bertz CT molecular complexity index is 213. The van der Waals surface area contributed by atoms with E-state index in [2.05, 4.69) is 10.0 Å². The lowest BCUT2D eigenvalue weighted by molar-refractivity contribution is -0.0475. The van der Waals surface area contributed by atoms with E-state index in [0.717, 1.165) is 0 Å². The van der Waals surface area contributed by atoms with E-state index in [4.69, 9.17) is 5.53 Å². The lowest BCUT2D eigenvalue weighted by atomic mass is 9.83. The van der Waals surface area contributed by atoms with Crippen molar-refractivity contribution in [1.29, 1.82) is 0 Å². The van der Waals surface area contributed by atoms with Crippen molar-refractivity contribution in [2.24, 2.45) is 11.0 Å². The summed E-state index contributed by atoms with van der Waals surface area (Å²) in [6.45, 7) is 1.79. The van der Waals surface area contributed by atoms with E-state index < -0.39 is 5.92 Å². The molecule has 74 valence electrons. The highest BCUT2D eigenvalue weighted by Crippen LogP contribution is 2.37. The van der Waals surface area contributed by atoms with Gasteiger partial charge in [0.1, 0.15) is 0 Å². The molecule has 1 fully saturated rings. The molecule has 1 rings (SSSR count). The number of nitrogens with zero attached hydrogens (tertiary/aromatic N) is 3. The van der Waals surface area contributed by atoms with Crippen molar-refractivity contribution < 1.29 is 8.78 Å². The number of hydrogen-bond donors (Lipinski definition) is 0. The van der Waals surface area contributed by atoms with Crippen LogP contribution >= 0.6 is 0 Å². The quantitative estimate of drug-likeness (QED) is 0.362. The van der Waals surface area contributed by atoms with E-state index in [9.17, 15) is 8.78 Å². The molecule has 1 saturated carbocycles. The minimum atomic E-state index is -2.49. The van der Waals surface area contributed by atoms with Gasteiger partial charge in [0.25, 0.3) is 0 Å². The van der Waals surface area contributed by atoms with Crippen LogP contribution in [0.25, 0.3) is 10.4 Å². The van der Waals surface area contributed by atoms with Gasteiger partial charge in [-0.25, -0.2) is 8.78 Å². The van der Waals surface area contributed by atoms with Crippen LogP contribution in [-0.4, -0.2) is 12.0 Å². The first-order valence-electron chi connectivity index (χ1n) is 4.47. The van der Waals surface area contributed by atoms with Crippen molar-refractivity contribution in [1.82, 2.24) is 0 Å². The number of halogens is 2. The molecule has 3 nitrogen and oxygen atoms in total. The molecule has 0 saturated heterocycles. The maximum Gasteiger partial charge on any atom is 0.248 e. The highest BCUT2D eigenvalue weighted by Gasteiger charge is 2.36. The fourth-order valence-corrected chi connectivity index (χ4v) is 1.72. The molecule has 1 aliphatic rings. The molecular weight excluding hydrogens is 176 g/mol. The van der Waals surface area contributed by atoms with Gasteiger partial charge in [-0.1, -0.05) is 12.0 Å². The highest BCUT2D eigenvalue weighted by atomic mass is 19.3. The molecule has 0 aromatic carbocycles. The molecule has 0 aliphatic heterocycles. The Kier molecular flexibility index (Phi) is 3.09. The number of hydrogen-bond acceptors (Lipinski definition) is 1. The minimum absolute atomic E-state index is 0.0665. The van der Waals surface area contributed by atoms with Crippen molar-refractivity contribution in [2.75, 3.05) is 0 Å². The van der Waals surface area contributed by atoms with Crippen LogP contribution in [0, 0.1) is 5.92 Å². The first-order chi connectivity index (χ1) is 6.05. The average Bonchev–Trinajstić information content (AvgIpc) is 2.04. The number of alkyl halides is 2. The van der Waals surface area contributed by atoms with E-state index in [1.165, 1.54) is 0 Å². The summed E-state index contributed by atoms with van der Waals surface area (Å²) >= 11 is 0. The van der Waals surface area contributed by atoms with Crippen LogP contribution in [0.15, 0.2) is 5.11 Å². The molecule has 1 atom stereocenters. The fraction of sp³-hybridized carbons (Fsp3) is 1.00. The lowest BCUT2D eigenvalue weighted by Gasteiger charge is -2.30. The molecule has 0 unspecified atom stereocenters. The standard InChI is InChI=1S/C8H13F2N3/c1-6(12-13-11)7-2-4-8(9,10)5-3-7/h6-7H,2-5H2,1H3/t6-/m1/s1. The molecule has 5 heteroatoms. The van der Waals surface area contributed by atoms with Crippen molar-refractivity contribution in [3.05, 3.63) is 10.4 Å². The second kappa shape index (κ2) is 3.92. The van der Waals surface area contributed by atoms with Gasteiger partial charge in [0.2, 0.25) is 5.92 Å². The molecule has 0 aromatic heterocycles. The monoisotopic (exact) mass is 189 g/mol. The summed E-state index contributed by atoms with van der Waals surface area (Å²) in [7, 11) is 0. The second-order valence-electron chi connectivity index (χ2n) is 3.64. The zero-order chi connectivity index (χ0) is 9.90. The molecule has 0 radical (unpaired) electrons. The zero-order valence-corrected chi connectivity index (χ0v) is 7.58. The van der Waals surface area contributed by atoms with E-state index in [0.29, 0.717) is 12.8 Å². The van der Waals surface area contributed by atoms with Gasteiger partial charge in [-0.3, -0.25) is 0 Å². The Labute approximate surface area is 75.8 Å². The van der Waals surface area contributed by atoms with Gasteiger partial charge >= 0.3 is 0 Å². The average molecular weight is 189 g/mol. The van der Waals surface area contributed by atoms with Gasteiger partial charge in [-0.15, -0.1) is 0 Å². The van der Waals surface area contributed by atoms with Gasteiger partial charge in [0, 0.05) is 23.8 Å². The lowest BCUT2D eigenvalue weighted by Crippen LogP contribution is -2.28. The third-order valence-electron chi connectivity index (χ3n) is 2.68. The Balaban J connectivity index is 2.45. The van der Waals surface area contributed by atoms with Gasteiger partial charge in [-0.05, 0) is 24.3 Å². The Morgan fingerprint density at radius 1 is 1.46 bits per heavy atom. The number of azide groups is 1. The maximum atomic E-state index is 12.7. The first kappa shape index (κ1) is 10.3. The normalized spacial score (nSPS) is 24.8. The van der Waals surface area contributed by atoms with Crippen LogP contribution in [0.5, 0.6) is 0 Å². The summed E-state index contributed by atoms with van der Waals surface area (Å²) < 4.78 is 25.4. The molecule has 0 spiro atoms. The van der Waals surface area contributed by atoms with Crippen molar-refractivity contribution in [2.45, 2.75) is 44.6 Å². The van der Waals surface area contributed by atoms with Gasteiger partial charge < -0.3 is 0 Å². The summed E-state index contributed by atoms with van der Waals surface area (Å²) in [5.74, 6) is -2.36. The third kappa shape index (κ3) is 2.84. The highest BCUT2D eigenvalue weighted by molar-refractivity contribution is 4.82. The van der Waals surface area contributed by atoms with E-state index >= 15 is 0 Å². The van der Waals surface area contributed by atoms with Crippen molar-refractivity contribution in [3.8, 4) is 0 Å². The van der Waals surface area contributed by atoms with Crippen LogP contribution in [-0.2, 0) is 0 Å². The number of rotatable bonds is 2.